The first-order chi connectivity index (χ1) is 9.52. The van der Waals surface area contributed by atoms with Crippen molar-refractivity contribution in [2.24, 2.45) is 5.92 Å². The van der Waals surface area contributed by atoms with E-state index in [9.17, 15) is 0 Å². The van der Waals surface area contributed by atoms with Crippen molar-refractivity contribution in [1.29, 1.82) is 0 Å². The third kappa shape index (κ3) is 3.76. The second kappa shape index (κ2) is 6.64. The molecule has 1 aliphatic rings. The van der Waals surface area contributed by atoms with Crippen LogP contribution in [0.5, 0.6) is 0 Å². The summed E-state index contributed by atoms with van der Waals surface area (Å²) in [4.78, 5) is 9.39. The van der Waals surface area contributed by atoms with Gasteiger partial charge in [0.2, 0.25) is 0 Å². The summed E-state index contributed by atoms with van der Waals surface area (Å²) in [7, 11) is 0. The van der Waals surface area contributed by atoms with Crippen LogP contribution in [-0.2, 0) is 11.3 Å². The van der Waals surface area contributed by atoms with Crippen molar-refractivity contribution in [1.82, 2.24) is 15.3 Å². The van der Waals surface area contributed by atoms with Crippen molar-refractivity contribution in [3.8, 4) is 0 Å². The number of nitrogens with zero attached hydrogens (tertiary/aromatic N) is 2. The Bertz CT molecular complexity index is 432. The highest BCUT2D eigenvalue weighted by Gasteiger charge is 2.23. The quantitative estimate of drug-likeness (QED) is 0.832. The van der Waals surface area contributed by atoms with Crippen LogP contribution >= 0.6 is 0 Å². The molecule has 0 bridgehead atoms. The summed E-state index contributed by atoms with van der Waals surface area (Å²) in [5, 5.41) is 3.54. The standard InChI is InChI=1S/C16H27N3O/c1-6-20-15(10(2)3)16-18-11(4)14(12(5)19-16)9-17-13-7-8-13/h10,13,15,17H,6-9H2,1-5H3. The monoisotopic (exact) mass is 277 g/mol. The van der Waals surface area contributed by atoms with E-state index in [0.29, 0.717) is 18.6 Å². The van der Waals surface area contributed by atoms with Crippen molar-refractivity contribution in [2.45, 2.75) is 66.2 Å². The van der Waals surface area contributed by atoms with Gasteiger partial charge in [-0.25, -0.2) is 9.97 Å². The Morgan fingerprint density at radius 1 is 1.20 bits per heavy atom. The zero-order valence-corrected chi connectivity index (χ0v) is 13.4. The summed E-state index contributed by atoms with van der Waals surface area (Å²) in [6, 6.07) is 0.709. The molecule has 4 heteroatoms. The van der Waals surface area contributed by atoms with Crippen LogP contribution in [0.25, 0.3) is 0 Å². The largest absolute Gasteiger partial charge is 0.370 e. The van der Waals surface area contributed by atoms with Crippen LogP contribution in [0, 0.1) is 19.8 Å². The van der Waals surface area contributed by atoms with Gasteiger partial charge in [-0.1, -0.05) is 13.8 Å². The van der Waals surface area contributed by atoms with Crippen molar-refractivity contribution >= 4 is 0 Å². The van der Waals surface area contributed by atoms with Crippen LogP contribution in [0.15, 0.2) is 0 Å². The van der Waals surface area contributed by atoms with E-state index in [1.165, 1.54) is 18.4 Å². The second-order valence-electron chi connectivity index (χ2n) is 6.01. The molecule has 0 amide bonds. The Hall–Kier alpha value is -1.00. The average Bonchev–Trinajstić information content (AvgIpc) is 3.18. The zero-order chi connectivity index (χ0) is 14.7. The summed E-state index contributed by atoms with van der Waals surface area (Å²) in [6.45, 7) is 12.0. The molecule has 1 atom stereocenters. The molecule has 112 valence electrons. The number of hydrogen-bond acceptors (Lipinski definition) is 4. The van der Waals surface area contributed by atoms with Gasteiger partial charge in [0.1, 0.15) is 6.10 Å². The maximum Gasteiger partial charge on any atom is 0.157 e. The Morgan fingerprint density at radius 3 is 2.25 bits per heavy atom. The van der Waals surface area contributed by atoms with Crippen molar-refractivity contribution in [3.63, 3.8) is 0 Å². The van der Waals surface area contributed by atoms with E-state index in [1.807, 2.05) is 6.92 Å². The molecule has 0 aromatic carbocycles. The summed E-state index contributed by atoms with van der Waals surface area (Å²) in [6.07, 6.45) is 2.59. The summed E-state index contributed by atoms with van der Waals surface area (Å²) < 4.78 is 5.81. The molecule has 2 rings (SSSR count). The fourth-order valence-electron chi connectivity index (χ4n) is 2.43. The minimum absolute atomic E-state index is 0.0113. The van der Waals surface area contributed by atoms with E-state index in [2.05, 4.69) is 33.0 Å². The third-order valence-electron chi connectivity index (χ3n) is 3.79. The lowest BCUT2D eigenvalue weighted by Gasteiger charge is -2.21. The van der Waals surface area contributed by atoms with Crippen LogP contribution in [0.1, 0.15) is 62.5 Å². The van der Waals surface area contributed by atoms with Gasteiger partial charge in [-0.15, -0.1) is 0 Å². The maximum atomic E-state index is 5.81. The number of hydrogen-bond donors (Lipinski definition) is 1. The van der Waals surface area contributed by atoms with Gasteiger partial charge < -0.3 is 10.1 Å². The average molecular weight is 277 g/mol. The van der Waals surface area contributed by atoms with E-state index < -0.39 is 0 Å². The van der Waals surface area contributed by atoms with Crippen LogP contribution in [0.3, 0.4) is 0 Å². The lowest BCUT2D eigenvalue weighted by molar-refractivity contribution is 0.0229. The maximum absolute atomic E-state index is 5.81. The Labute approximate surface area is 122 Å². The van der Waals surface area contributed by atoms with Gasteiger partial charge in [-0.2, -0.15) is 0 Å². The molecule has 0 aliphatic heterocycles. The highest BCUT2D eigenvalue weighted by atomic mass is 16.5. The molecular formula is C16H27N3O. The van der Waals surface area contributed by atoms with Gasteiger partial charge in [-0.05, 0) is 39.5 Å². The van der Waals surface area contributed by atoms with Gasteiger partial charge in [-0.3, -0.25) is 0 Å². The molecule has 1 aromatic rings. The predicted octanol–water partition coefficient (Wildman–Crippen LogP) is 3.08. The van der Waals surface area contributed by atoms with E-state index in [1.54, 1.807) is 0 Å². The molecular weight excluding hydrogens is 250 g/mol. The van der Waals surface area contributed by atoms with E-state index in [4.69, 9.17) is 14.7 Å². The number of aryl methyl sites for hydroxylation is 2. The molecule has 1 fully saturated rings. The predicted molar refractivity (Wildman–Crippen MR) is 80.6 cm³/mol. The number of ether oxygens (including phenoxy) is 1. The first kappa shape index (κ1) is 15.4. The molecule has 0 spiro atoms. The molecule has 4 nitrogen and oxygen atoms in total. The topological polar surface area (TPSA) is 47.0 Å². The van der Waals surface area contributed by atoms with Crippen LogP contribution in [0.4, 0.5) is 0 Å². The van der Waals surface area contributed by atoms with E-state index in [0.717, 1.165) is 23.8 Å². The van der Waals surface area contributed by atoms with Crippen LogP contribution in [-0.4, -0.2) is 22.6 Å². The molecule has 1 N–H and O–H groups in total. The fourth-order valence-corrected chi connectivity index (χ4v) is 2.43. The van der Waals surface area contributed by atoms with Crippen molar-refractivity contribution < 1.29 is 4.74 Å². The first-order valence-electron chi connectivity index (χ1n) is 7.71. The van der Waals surface area contributed by atoms with Crippen LogP contribution < -0.4 is 5.32 Å². The fraction of sp³-hybridized carbons (Fsp3) is 0.750. The SMILES string of the molecule is CCOC(c1nc(C)c(CNC2CC2)c(C)n1)C(C)C. The van der Waals surface area contributed by atoms with E-state index in [-0.39, 0.29) is 6.10 Å². The van der Waals surface area contributed by atoms with Crippen LogP contribution in [0.2, 0.25) is 0 Å². The highest BCUT2D eigenvalue weighted by molar-refractivity contribution is 5.25. The minimum atomic E-state index is -0.0113. The van der Waals surface area contributed by atoms with Gasteiger partial charge in [0.15, 0.2) is 5.82 Å². The van der Waals surface area contributed by atoms with Gasteiger partial charge in [0.25, 0.3) is 0 Å². The number of aromatic nitrogens is 2. The number of nitrogens with one attached hydrogen (secondary N) is 1. The lowest BCUT2D eigenvalue weighted by Crippen LogP contribution is -2.21. The smallest absolute Gasteiger partial charge is 0.157 e. The molecule has 0 radical (unpaired) electrons. The van der Waals surface area contributed by atoms with E-state index >= 15 is 0 Å². The second-order valence-corrected chi connectivity index (χ2v) is 6.01. The molecule has 1 heterocycles. The summed E-state index contributed by atoms with van der Waals surface area (Å²) >= 11 is 0. The normalized spacial score (nSPS) is 16.7. The Morgan fingerprint density at radius 2 is 1.80 bits per heavy atom. The minimum Gasteiger partial charge on any atom is -0.370 e. The Kier molecular flexibility index (Phi) is 5.11. The molecule has 1 aliphatic carbocycles. The zero-order valence-electron chi connectivity index (χ0n) is 13.4. The molecule has 1 unspecified atom stereocenters. The lowest BCUT2D eigenvalue weighted by atomic mass is 10.1. The van der Waals surface area contributed by atoms with Gasteiger partial charge in [0.05, 0.1) is 0 Å². The van der Waals surface area contributed by atoms with Crippen molar-refractivity contribution in [2.75, 3.05) is 6.61 Å². The third-order valence-corrected chi connectivity index (χ3v) is 3.79. The van der Waals surface area contributed by atoms with Gasteiger partial charge in [0, 0.05) is 36.1 Å². The Balaban J connectivity index is 2.18. The van der Waals surface area contributed by atoms with Gasteiger partial charge >= 0.3 is 0 Å². The molecule has 0 saturated heterocycles. The molecule has 1 saturated carbocycles. The summed E-state index contributed by atoms with van der Waals surface area (Å²) in [5.41, 5.74) is 3.39. The molecule has 1 aromatic heterocycles. The molecule has 20 heavy (non-hydrogen) atoms. The van der Waals surface area contributed by atoms with Crippen molar-refractivity contribution in [3.05, 3.63) is 22.8 Å². The number of rotatable bonds is 7. The highest BCUT2D eigenvalue weighted by Crippen LogP contribution is 2.25. The first-order valence-corrected chi connectivity index (χ1v) is 7.71. The summed E-state index contributed by atoms with van der Waals surface area (Å²) in [5.74, 6) is 1.20.